The van der Waals surface area contributed by atoms with E-state index in [0.717, 1.165) is 18.4 Å². The van der Waals surface area contributed by atoms with Gasteiger partial charge in [0, 0.05) is 23.1 Å². The Balaban J connectivity index is 1.31. The number of nitrogens with zero attached hydrogens (tertiary/aromatic N) is 4. The van der Waals surface area contributed by atoms with Crippen LogP contribution in [0.15, 0.2) is 48.7 Å². The minimum Gasteiger partial charge on any atom is -0.346 e. The number of carbonyl (C=O) groups excluding carboxylic acids is 2. The summed E-state index contributed by atoms with van der Waals surface area (Å²) in [6.07, 6.45) is -1.33. The van der Waals surface area contributed by atoms with Gasteiger partial charge < -0.3 is 5.32 Å². The molecular weight excluding hydrogens is 728 g/mol. The third kappa shape index (κ3) is 6.53. The Morgan fingerprint density at radius 3 is 2.51 bits per heavy atom. The topological polar surface area (TPSA) is 152 Å². The Morgan fingerprint density at radius 2 is 1.82 bits per heavy atom. The van der Waals surface area contributed by atoms with Crippen molar-refractivity contribution in [3.05, 3.63) is 99.1 Å². The number of rotatable bonds is 10. The molecule has 5 aromatic rings. The molecule has 3 aromatic heterocycles. The van der Waals surface area contributed by atoms with E-state index >= 15 is 8.78 Å². The van der Waals surface area contributed by atoms with E-state index in [4.69, 9.17) is 11.6 Å². The number of alkyl halides is 4. The standard InChI is InChI=1S/C32H24ClF6N7O4S/c1-51(49,50)45-31(48)19-7-14(2-3-21(19)33)17-10-22-24(11-40-43-22)42-27(17)23(6-13-4-15(34)8-16(35)5-13)41-25(47)12-46-29-26(28(44-46)30(36)37)18-9-20(18)32(29,38)39/h2-5,7-8,10-11,18,20,23,30H,6,9,12H2,1H3,(H,40,43)(H,41,47)(H,45,48)/t18-,20+,23?/m0/s1. The highest BCUT2D eigenvalue weighted by atomic mass is 35.5. The van der Waals surface area contributed by atoms with Crippen molar-refractivity contribution in [1.29, 1.82) is 0 Å². The molecule has 0 bridgehead atoms. The van der Waals surface area contributed by atoms with Gasteiger partial charge in [-0.3, -0.25) is 19.4 Å². The minimum absolute atomic E-state index is 0.0249. The van der Waals surface area contributed by atoms with Gasteiger partial charge in [-0.05, 0) is 60.2 Å². The van der Waals surface area contributed by atoms with Gasteiger partial charge in [0.15, 0.2) is 0 Å². The molecule has 0 spiro atoms. The van der Waals surface area contributed by atoms with Crippen LogP contribution in [0.1, 0.15) is 63.4 Å². The first-order valence-corrected chi connectivity index (χ1v) is 17.4. The summed E-state index contributed by atoms with van der Waals surface area (Å²) in [7, 11) is -3.99. The highest BCUT2D eigenvalue weighted by Gasteiger charge is 2.67. The Morgan fingerprint density at radius 1 is 1.10 bits per heavy atom. The van der Waals surface area contributed by atoms with Crippen LogP contribution >= 0.6 is 11.6 Å². The number of halogens is 7. The largest absolute Gasteiger partial charge is 0.346 e. The first-order chi connectivity index (χ1) is 24.0. The monoisotopic (exact) mass is 751 g/mol. The molecule has 0 aliphatic heterocycles. The summed E-state index contributed by atoms with van der Waals surface area (Å²) in [6.45, 7) is -0.905. The normalized spacial score (nSPS) is 18.1. The number of carbonyl (C=O) groups is 2. The number of sulfonamides is 1. The number of hydrogen-bond acceptors (Lipinski definition) is 7. The lowest BCUT2D eigenvalue weighted by Gasteiger charge is -2.23. The summed E-state index contributed by atoms with van der Waals surface area (Å²) in [5, 5.41) is 12.9. The number of pyridine rings is 1. The first-order valence-electron chi connectivity index (χ1n) is 15.2. The molecule has 1 saturated carbocycles. The van der Waals surface area contributed by atoms with Crippen LogP contribution in [0.3, 0.4) is 0 Å². The van der Waals surface area contributed by atoms with Crippen molar-refractivity contribution in [3.63, 3.8) is 0 Å². The fourth-order valence-electron chi connectivity index (χ4n) is 6.61. The molecule has 1 fully saturated rings. The molecular formula is C32H24ClF6N7O4S. The highest BCUT2D eigenvalue weighted by molar-refractivity contribution is 7.89. The van der Waals surface area contributed by atoms with E-state index in [-0.39, 0.29) is 56.9 Å². The molecule has 7 rings (SSSR count). The van der Waals surface area contributed by atoms with Crippen molar-refractivity contribution in [3.8, 4) is 11.1 Å². The molecule has 3 atom stereocenters. The molecule has 3 N–H and O–H groups in total. The quantitative estimate of drug-likeness (QED) is 0.155. The fraction of sp³-hybridized carbons (Fsp3) is 0.281. The molecule has 266 valence electrons. The summed E-state index contributed by atoms with van der Waals surface area (Å²) < 4.78 is 113. The van der Waals surface area contributed by atoms with E-state index in [1.807, 2.05) is 4.72 Å². The van der Waals surface area contributed by atoms with Gasteiger partial charge in [0.05, 0.1) is 40.3 Å². The van der Waals surface area contributed by atoms with Gasteiger partial charge in [0.2, 0.25) is 15.9 Å². The average Bonchev–Trinajstić information content (AvgIpc) is 3.44. The molecule has 1 unspecified atom stereocenters. The van der Waals surface area contributed by atoms with E-state index in [9.17, 15) is 35.6 Å². The van der Waals surface area contributed by atoms with Crippen LogP contribution in [-0.4, -0.2) is 51.4 Å². The summed E-state index contributed by atoms with van der Waals surface area (Å²) in [6, 6.07) is 6.97. The van der Waals surface area contributed by atoms with Crippen LogP contribution in [0.25, 0.3) is 22.2 Å². The lowest BCUT2D eigenvalue weighted by atomic mass is 9.94. The molecule has 2 amide bonds. The van der Waals surface area contributed by atoms with E-state index < -0.39 is 81.6 Å². The summed E-state index contributed by atoms with van der Waals surface area (Å²) in [5.41, 5.74) is -0.889. The number of aromatic nitrogens is 5. The molecule has 3 heterocycles. The Hall–Kier alpha value is -4.97. The third-order valence-electron chi connectivity index (χ3n) is 8.74. The van der Waals surface area contributed by atoms with E-state index in [0.29, 0.717) is 16.3 Å². The van der Waals surface area contributed by atoms with Crippen LogP contribution in [0, 0.1) is 17.6 Å². The van der Waals surface area contributed by atoms with Crippen molar-refractivity contribution >= 4 is 44.5 Å². The van der Waals surface area contributed by atoms with Gasteiger partial charge in [0.25, 0.3) is 18.3 Å². The fourth-order valence-corrected chi connectivity index (χ4v) is 7.26. The van der Waals surface area contributed by atoms with Gasteiger partial charge >= 0.3 is 0 Å². The second-order valence-electron chi connectivity index (χ2n) is 12.4. The van der Waals surface area contributed by atoms with Crippen molar-refractivity contribution in [2.24, 2.45) is 5.92 Å². The molecule has 19 heteroatoms. The highest BCUT2D eigenvalue weighted by Crippen LogP contribution is 2.68. The molecule has 51 heavy (non-hydrogen) atoms. The molecule has 0 radical (unpaired) electrons. The van der Waals surface area contributed by atoms with Crippen LogP contribution < -0.4 is 10.0 Å². The van der Waals surface area contributed by atoms with Gasteiger partial charge in [-0.15, -0.1) is 0 Å². The summed E-state index contributed by atoms with van der Waals surface area (Å²) >= 11 is 6.24. The molecule has 11 nitrogen and oxygen atoms in total. The van der Waals surface area contributed by atoms with Gasteiger partial charge in [0.1, 0.15) is 35.1 Å². The van der Waals surface area contributed by atoms with Crippen LogP contribution in [0.5, 0.6) is 0 Å². The third-order valence-corrected chi connectivity index (χ3v) is 9.63. The van der Waals surface area contributed by atoms with Crippen molar-refractivity contribution in [1.82, 2.24) is 35.0 Å². The lowest BCUT2D eigenvalue weighted by molar-refractivity contribution is -0.123. The van der Waals surface area contributed by atoms with Gasteiger partial charge in [-0.25, -0.2) is 35.7 Å². The zero-order valence-corrected chi connectivity index (χ0v) is 27.6. The summed E-state index contributed by atoms with van der Waals surface area (Å²) in [4.78, 5) is 31.1. The SMILES string of the molecule is CS(=O)(=O)NC(=O)c1cc(-c2cc3[nH]ncc3nc2C(Cc2cc(F)cc(F)c2)NC(=O)Cn2nc(C(F)F)c3c2C(F)(F)[C@@H]2C[C@H]32)ccc1Cl. The van der Waals surface area contributed by atoms with E-state index in [1.54, 1.807) is 6.07 Å². The van der Waals surface area contributed by atoms with Crippen molar-refractivity contribution in [2.75, 3.05) is 6.26 Å². The first kappa shape index (κ1) is 34.5. The molecule has 2 aromatic carbocycles. The predicted octanol–water partition coefficient (Wildman–Crippen LogP) is 5.69. The average molecular weight is 752 g/mol. The van der Waals surface area contributed by atoms with E-state index in [2.05, 4.69) is 25.6 Å². The maximum Gasteiger partial charge on any atom is 0.293 e. The number of nitrogens with one attached hydrogen (secondary N) is 3. The number of fused-ring (bicyclic) bond motifs is 4. The smallest absolute Gasteiger partial charge is 0.293 e. The number of aromatic amines is 1. The zero-order valence-electron chi connectivity index (χ0n) is 26.0. The lowest BCUT2D eigenvalue weighted by Crippen LogP contribution is -2.35. The Labute approximate surface area is 289 Å². The van der Waals surface area contributed by atoms with Crippen LogP contribution in [0.4, 0.5) is 26.3 Å². The number of amides is 2. The molecule has 2 aliphatic rings. The van der Waals surface area contributed by atoms with Crippen molar-refractivity contribution in [2.45, 2.75) is 43.7 Å². The number of benzene rings is 2. The van der Waals surface area contributed by atoms with Gasteiger partial charge in [-0.1, -0.05) is 17.7 Å². The van der Waals surface area contributed by atoms with Crippen LogP contribution in [0.2, 0.25) is 5.02 Å². The van der Waals surface area contributed by atoms with E-state index in [1.165, 1.54) is 24.4 Å². The summed E-state index contributed by atoms with van der Waals surface area (Å²) in [5.74, 6) is -9.32. The number of H-pyrrole nitrogens is 1. The minimum atomic E-state index is -3.99. The molecule has 0 saturated heterocycles. The zero-order chi connectivity index (χ0) is 36.6. The van der Waals surface area contributed by atoms with Crippen molar-refractivity contribution < 1.29 is 44.3 Å². The Kier molecular flexibility index (Phi) is 8.36. The second-order valence-corrected chi connectivity index (χ2v) is 14.6. The van der Waals surface area contributed by atoms with Crippen LogP contribution in [-0.2, 0) is 33.7 Å². The predicted molar refractivity (Wildman–Crippen MR) is 170 cm³/mol. The second kappa shape index (κ2) is 12.4. The Bertz CT molecular complexity index is 2350. The van der Waals surface area contributed by atoms with Gasteiger partial charge in [-0.2, -0.15) is 19.0 Å². The number of hydrogen-bond donors (Lipinski definition) is 3. The molecule has 2 aliphatic carbocycles. The maximum atomic E-state index is 15.2. The maximum absolute atomic E-state index is 15.2.